The van der Waals surface area contributed by atoms with Crippen LogP contribution in [0.15, 0.2) is 48.5 Å². The van der Waals surface area contributed by atoms with E-state index in [1.807, 2.05) is 24.3 Å². The molecule has 0 saturated heterocycles. The highest BCUT2D eigenvalue weighted by atomic mass is 19.1. The molecule has 116 valence electrons. The molecule has 2 heterocycles. The second-order valence-corrected chi connectivity index (χ2v) is 5.70. The molecule has 3 nitrogen and oxygen atoms in total. The summed E-state index contributed by atoms with van der Waals surface area (Å²) in [5, 5.41) is 3.96. The molecule has 1 aromatic heterocycles. The topological polar surface area (TPSA) is 34.2 Å². The molecule has 0 unspecified atom stereocenters. The number of nitrogens with one attached hydrogen (secondary N) is 1. The minimum Gasteiger partial charge on any atom is -0.477 e. The smallest absolute Gasteiger partial charge is 0.219 e. The van der Waals surface area contributed by atoms with Crippen molar-refractivity contribution in [2.45, 2.75) is 19.4 Å². The fraction of sp³-hybridized carbons (Fsp3) is 0.211. The summed E-state index contributed by atoms with van der Waals surface area (Å²) in [7, 11) is 0. The Hall–Kier alpha value is -2.62. The number of hydrogen-bond donors (Lipinski definition) is 1. The largest absolute Gasteiger partial charge is 0.477 e. The van der Waals surface area contributed by atoms with Crippen molar-refractivity contribution >= 4 is 16.6 Å². The first-order valence-corrected chi connectivity index (χ1v) is 7.84. The number of benzene rings is 2. The molecule has 0 amide bonds. The first-order chi connectivity index (χ1) is 11.3. The molecule has 4 heteroatoms. The van der Waals surface area contributed by atoms with Crippen molar-refractivity contribution in [2.75, 3.05) is 11.9 Å². The Morgan fingerprint density at radius 1 is 1.09 bits per heavy atom. The van der Waals surface area contributed by atoms with Crippen LogP contribution in [0.1, 0.15) is 17.5 Å². The molecule has 3 aromatic rings. The normalized spacial score (nSPS) is 13.4. The van der Waals surface area contributed by atoms with Gasteiger partial charge in [0.25, 0.3) is 0 Å². The Labute approximate surface area is 134 Å². The molecular weight excluding hydrogens is 291 g/mol. The van der Waals surface area contributed by atoms with E-state index in [0.29, 0.717) is 29.9 Å². The van der Waals surface area contributed by atoms with E-state index in [1.165, 1.54) is 6.07 Å². The van der Waals surface area contributed by atoms with E-state index < -0.39 is 0 Å². The van der Waals surface area contributed by atoms with Gasteiger partial charge in [0.15, 0.2) is 0 Å². The average Bonchev–Trinajstić information content (AvgIpc) is 2.60. The van der Waals surface area contributed by atoms with Crippen LogP contribution in [0.5, 0.6) is 5.88 Å². The summed E-state index contributed by atoms with van der Waals surface area (Å²) in [6.07, 6.45) is 1.78. The number of fused-ring (bicyclic) bond motifs is 2. The SMILES string of the molecule is Fc1cccc2nc3c(c(NCc4ccccc4)c12)CCCO3. The van der Waals surface area contributed by atoms with Gasteiger partial charge in [0, 0.05) is 12.1 Å². The van der Waals surface area contributed by atoms with Gasteiger partial charge < -0.3 is 10.1 Å². The number of aromatic nitrogens is 1. The van der Waals surface area contributed by atoms with Crippen LogP contribution >= 0.6 is 0 Å². The summed E-state index contributed by atoms with van der Waals surface area (Å²) in [5.74, 6) is 0.379. The molecule has 0 spiro atoms. The van der Waals surface area contributed by atoms with Gasteiger partial charge >= 0.3 is 0 Å². The zero-order valence-electron chi connectivity index (χ0n) is 12.7. The minimum absolute atomic E-state index is 0.251. The zero-order chi connectivity index (χ0) is 15.6. The molecular formula is C19H17FN2O. The van der Waals surface area contributed by atoms with Crippen molar-refractivity contribution < 1.29 is 9.13 Å². The predicted molar refractivity (Wildman–Crippen MR) is 89.3 cm³/mol. The van der Waals surface area contributed by atoms with E-state index in [1.54, 1.807) is 6.07 Å². The molecule has 4 rings (SSSR count). The summed E-state index contributed by atoms with van der Waals surface area (Å²) in [5.41, 5.74) is 3.57. The van der Waals surface area contributed by atoms with Gasteiger partial charge in [-0.2, -0.15) is 0 Å². The third-order valence-electron chi connectivity index (χ3n) is 4.15. The van der Waals surface area contributed by atoms with Crippen LogP contribution in [0.2, 0.25) is 0 Å². The third kappa shape index (κ3) is 2.61. The van der Waals surface area contributed by atoms with Crippen LogP contribution in [0, 0.1) is 5.82 Å². The Kier molecular flexibility index (Phi) is 3.58. The molecule has 2 aromatic carbocycles. The fourth-order valence-corrected chi connectivity index (χ4v) is 3.04. The first-order valence-electron chi connectivity index (χ1n) is 7.84. The van der Waals surface area contributed by atoms with Crippen LogP contribution < -0.4 is 10.1 Å². The molecule has 0 saturated carbocycles. The molecule has 1 N–H and O–H groups in total. The van der Waals surface area contributed by atoms with Gasteiger partial charge in [0.2, 0.25) is 5.88 Å². The monoisotopic (exact) mass is 308 g/mol. The molecule has 0 radical (unpaired) electrons. The highest BCUT2D eigenvalue weighted by molar-refractivity contribution is 5.94. The van der Waals surface area contributed by atoms with Gasteiger partial charge in [-0.25, -0.2) is 9.37 Å². The fourth-order valence-electron chi connectivity index (χ4n) is 3.04. The van der Waals surface area contributed by atoms with E-state index in [4.69, 9.17) is 4.74 Å². The minimum atomic E-state index is -0.251. The highest BCUT2D eigenvalue weighted by Crippen LogP contribution is 2.37. The second-order valence-electron chi connectivity index (χ2n) is 5.70. The van der Waals surface area contributed by atoms with E-state index in [-0.39, 0.29) is 5.82 Å². The predicted octanol–water partition coefficient (Wildman–Crippen LogP) is 4.31. The summed E-state index contributed by atoms with van der Waals surface area (Å²) < 4.78 is 20.1. The number of nitrogens with zero attached hydrogens (tertiary/aromatic N) is 1. The Balaban J connectivity index is 1.82. The van der Waals surface area contributed by atoms with Crippen molar-refractivity contribution in [1.82, 2.24) is 4.98 Å². The van der Waals surface area contributed by atoms with Crippen molar-refractivity contribution in [3.05, 3.63) is 65.5 Å². The maximum absolute atomic E-state index is 14.4. The van der Waals surface area contributed by atoms with Gasteiger partial charge in [-0.1, -0.05) is 36.4 Å². The van der Waals surface area contributed by atoms with Gasteiger partial charge in [0.05, 0.1) is 23.2 Å². The number of pyridine rings is 1. The van der Waals surface area contributed by atoms with Crippen LogP contribution in [-0.4, -0.2) is 11.6 Å². The summed E-state index contributed by atoms with van der Waals surface area (Å²) >= 11 is 0. The van der Waals surface area contributed by atoms with E-state index in [0.717, 1.165) is 29.7 Å². The quantitative estimate of drug-likeness (QED) is 0.783. The van der Waals surface area contributed by atoms with Crippen molar-refractivity contribution in [1.29, 1.82) is 0 Å². The van der Waals surface area contributed by atoms with Crippen molar-refractivity contribution in [3.8, 4) is 5.88 Å². The van der Waals surface area contributed by atoms with E-state index in [9.17, 15) is 4.39 Å². The van der Waals surface area contributed by atoms with Gasteiger partial charge in [-0.15, -0.1) is 0 Å². The number of rotatable bonds is 3. The molecule has 0 bridgehead atoms. The maximum atomic E-state index is 14.4. The standard InChI is InChI=1S/C19H17FN2O/c20-15-9-4-10-16-17(15)18(14-8-5-11-23-19(14)22-16)21-12-13-6-2-1-3-7-13/h1-4,6-7,9-10H,5,8,11-12H2,(H,21,22). The lowest BCUT2D eigenvalue weighted by Gasteiger charge is -2.22. The highest BCUT2D eigenvalue weighted by Gasteiger charge is 2.21. The Morgan fingerprint density at radius 2 is 1.96 bits per heavy atom. The number of hydrogen-bond acceptors (Lipinski definition) is 3. The first kappa shape index (κ1) is 14.0. The molecule has 23 heavy (non-hydrogen) atoms. The van der Waals surface area contributed by atoms with Gasteiger partial charge in [-0.3, -0.25) is 0 Å². The summed E-state index contributed by atoms with van der Waals surface area (Å²) in [4.78, 5) is 4.49. The van der Waals surface area contributed by atoms with Crippen LogP contribution in [0.3, 0.4) is 0 Å². The molecule has 1 aliphatic heterocycles. The zero-order valence-corrected chi connectivity index (χ0v) is 12.7. The maximum Gasteiger partial charge on any atom is 0.219 e. The van der Waals surface area contributed by atoms with Crippen molar-refractivity contribution in [2.24, 2.45) is 0 Å². The second kappa shape index (κ2) is 5.88. The molecule has 0 aliphatic carbocycles. The van der Waals surface area contributed by atoms with Crippen LogP contribution in [0.25, 0.3) is 10.9 Å². The van der Waals surface area contributed by atoms with Crippen LogP contribution in [0.4, 0.5) is 10.1 Å². The lowest BCUT2D eigenvalue weighted by atomic mass is 10.0. The Morgan fingerprint density at radius 3 is 2.83 bits per heavy atom. The lowest BCUT2D eigenvalue weighted by Crippen LogP contribution is -2.14. The number of ether oxygens (including phenoxy) is 1. The number of halogens is 1. The van der Waals surface area contributed by atoms with E-state index >= 15 is 0 Å². The van der Waals surface area contributed by atoms with Gasteiger partial charge in [-0.05, 0) is 30.5 Å². The van der Waals surface area contributed by atoms with Gasteiger partial charge in [0.1, 0.15) is 5.82 Å². The number of anilines is 1. The Bertz CT molecular complexity index is 849. The average molecular weight is 308 g/mol. The van der Waals surface area contributed by atoms with Crippen LogP contribution in [-0.2, 0) is 13.0 Å². The summed E-state index contributed by atoms with van der Waals surface area (Å²) in [6, 6.07) is 15.1. The molecule has 0 atom stereocenters. The van der Waals surface area contributed by atoms with Crippen molar-refractivity contribution in [3.63, 3.8) is 0 Å². The van der Waals surface area contributed by atoms with E-state index in [2.05, 4.69) is 22.4 Å². The third-order valence-corrected chi connectivity index (χ3v) is 4.15. The summed E-state index contributed by atoms with van der Waals surface area (Å²) in [6.45, 7) is 1.31. The molecule has 0 fully saturated rings. The lowest BCUT2D eigenvalue weighted by molar-refractivity contribution is 0.278. The molecule has 1 aliphatic rings.